The van der Waals surface area contributed by atoms with Crippen LogP contribution in [0.5, 0.6) is 0 Å². The molecule has 1 N–H and O–H groups in total. The molecule has 0 aliphatic rings. The van der Waals surface area contributed by atoms with E-state index in [0.29, 0.717) is 12.5 Å². The Morgan fingerprint density at radius 1 is 1.00 bits per heavy atom. The minimum atomic E-state index is 0.657. The van der Waals surface area contributed by atoms with Crippen molar-refractivity contribution in [3.8, 4) is 0 Å². The molecule has 0 bridgehead atoms. The van der Waals surface area contributed by atoms with Crippen LogP contribution < -0.4 is 0 Å². The van der Waals surface area contributed by atoms with Gasteiger partial charge in [0.05, 0.1) is 28.6 Å². The molecule has 128 valence electrons. The summed E-state index contributed by atoms with van der Waals surface area (Å²) in [7, 11) is 0. The van der Waals surface area contributed by atoms with Gasteiger partial charge in [-0.1, -0.05) is 38.1 Å². The monoisotopic (exact) mass is 350 g/mol. The lowest BCUT2D eigenvalue weighted by Crippen LogP contribution is -2.10. The molecule has 4 rings (SSSR count). The minimum Gasteiger partial charge on any atom is -0.331 e. The number of benzene rings is 2. The quantitative estimate of drug-likeness (QED) is 0.506. The van der Waals surface area contributed by atoms with E-state index >= 15 is 0 Å². The van der Waals surface area contributed by atoms with E-state index in [1.54, 1.807) is 0 Å². The van der Waals surface area contributed by atoms with Crippen LogP contribution in [0.25, 0.3) is 22.1 Å². The van der Waals surface area contributed by atoms with Crippen molar-refractivity contribution in [3.05, 3.63) is 59.1 Å². The summed E-state index contributed by atoms with van der Waals surface area (Å²) >= 11 is 5.55. The standard InChI is InChI=1S/C20H22N4S/c1-14(2)11-12-23-17-9-5-3-7-15(17)21-19(23)13-24-18-10-6-4-8-16(18)22-20(24)25/h3-10,14H,11-13H2,1-2H3,(H,22,25). The van der Waals surface area contributed by atoms with Crippen molar-refractivity contribution >= 4 is 34.3 Å². The maximum atomic E-state index is 5.55. The Labute approximate surface area is 152 Å². The van der Waals surface area contributed by atoms with Crippen molar-refractivity contribution in [2.45, 2.75) is 33.4 Å². The van der Waals surface area contributed by atoms with Gasteiger partial charge in [0, 0.05) is 6.54 Å². The van der Waals surface area contributed by atoms with Crippen LogP contribution in [0.4, 0.5) is 0 Å². The molecular formula is C20H22N4S. The molecule has 0 radical (unpaired) electrons. The molecule has 0 unspecified atom stereocenters. The van der Waals surface area contributed by atoms with Gasteiger partial charge in [-0.05, 0) is 48.8 Å². The summed E-state index contributed by atoms with van der Waals surface area (Å²) in [4.78, 5) is 8.19. The van der Waals surface area contributed by atoms with Gasteiger partial charge in [-0.2, -0.15) is 0 Å². The second kappa shape index (κ2) is 6.48. The molecule has 0 spiro atoms. The largest absolute Gasteiger partial charge is 0.331 e. The number of nitrogens with one attached hydrogen (secondary N) is 1. The van der Waals surface area contributed by atoms with Crippen molar-refractivity contribution in [1.82, 2.24) is 19.1 Å². The third kappa shape index (κ3) is 3.00. The van der Waals surface area contributed by atoms with E-state index in [-0.39, 0.29) is 0 Å². The van der Waals surface area contributed by atoms with Gasteiger partial charge in [0.2, 0.25) is 0 Å². The third-order valence-corrected chi connectivity index (χ3v) is 4.97. The van der Waals surface area contributed by atoms with Crippen molar-refractivity contribution in [1.29, 1.82) is 0 Å². The van der Waals surface area contributed by atoms with Crippen molar-refractivity contribution in [2.24, 2.45) is 5.92 Å². The maximum absolute atomic E-state index is 5.55. The zero-order chi connectivity index (χ0) is 17.4. The molecule has 5 heteroatoms. The molecule has 0 atom stereocenters. The van der Waals surface area contributed by atoms with Crippen molar-refractivity contribution < 1.29 is 0 Å². The first kappa shape index (κ1) is 16.1. The SMILES string of the molecule is CC(C)CCn1c(Cn2c(=S)[nH]c3ccccc32)nc2ccccc21. The molecule has 4 aromatic rings. The smallest absolute Gasteiger partial charge is 0.178 e. The average Bonchev–Trinajstić information content (AvgIpc) is 3.11. The summed E-state index contributed by atoms with van der Waals surface area (Å²) < 4.78 is 5.22. The Morgan fingerprint density at radius 3 is 2.52 bits per heavy atom. The van der Waals surface area contributed by atoms with Crippen LogP contribution in [-0.2, 0) is 13.1 Å². The fourth-order valence-corrected chi connectivity index (χ4v) is 3.56. The maximum Gasteiger partial charge on any atom is 0.178 e. The molecule has 0 aliphatic heterocycles. The van der Waals surface area contributed by atoms with Crippen LogP contribution in [0.3, 0.4) is 0 Å². The normalized spacial score (nSPS) is 11.8. The number of aryl methyl sites for hydroxylation is 1. The van der Waals surface area contributed by atoms with Gasteiger partial charge in [0.15, 0.2) is 4.77 Å². The highest BCUT2D eigenvalue weighted by Crippen LogP contribution is 2.21. The van der Waals surface area contributed by atoms with E-state index in [1.807, 2.05) is 18.2 Å². The molecule has 0 amide bonds. The Hall–Kier alpha value is -2.40. The molecule has 0 fully saturated rings. The summed E-state index contributed by atoms with van der Waals surface area (Å²) in [6.07, 6.45) is 1.13. The second-order valence-electron chi connectivity index (χ2n) is 6.88. The fraction of sp³-hybridized carbons (Fsp3) is 0.300. The molecule has 2 heterocycles. The number of para-hydroxylation sites is 4. The van der Waals surface area contributed by atoms with E-state index in [9.17, 15) is 0 Å². The van der Waals surface area contributed by atoms with E-state index in [2.05, 4.69) is 58.3 Å². The van der Waals surface area contributed by atoms with Gasteiger partial charge < -0.3 is 14.1 Å². The van der Waals surface area contributed by atoms with Crippen LogP contribution in [-0.4, -0.2) is 19.1 Å². The summed E-state index contributed by atoms with van der Waals surface area (Å²) in [5, 5.41) is 0. The topological polar surface area (TPSA) is 38.5 Å². The molecule has 2 aromatic heterocycles. The van der Waals surface area contributed by atoms with E-state index < -0.39 is 0 Å². The fourth-order valence-electron chi connectivity index (χ4n) is 3.29. The molecule has 4 nitrogen and oxygen atoms in total. The Bertz CT molecular complexity index is 1080. The molecule has 0 saturated carbocycles. The highest BCUT2D eigenvalue weighted by atomic mass is 32.1. The predicted octanol–water partition coefficient (Wildman–Crippen LogP) is 5.14. The minimum absolute atomic E-state index is 0.657. The zero-order valence-electron chi connectivity index (χ0n) is 14.6. The first-order valence-corrected chi connectivity index (χ1v) is 9.16. The van der Waals surface area contributed by atoms with Gasteiger partial charge in [0.1, 0.15) is 5.82 Å². The summed E-state index contributed by atoms with van der Waals surface area (Å²) in [6, 6.07) is 16.6. The molecule has 2 aromatic carbocycles. The number of nitrogens with zero attached hydrogens (tertiary/aromatic N) is 3. The van der Waals surface area contributed by atoms with E-state index in [1.165, 1.54) is 5.52 Å². The highest BCUT2D eigenvalue weighted by molar-refractivity contribution is 7.71. The van der Waals surface area contributed by atoms with Gasteiger partial charge in [0.25, 0.3) is 0 Å². The van der Waals surface area contributed by atoms with Crippen molar-refractivity contribution in [2.75, 3.05) is 0 Å². The number of hydrogen-bond acceptors (Lipinski definition) is 2. The number of hydrogen-bond donors (Lipinski definition) is 1. The summed E-state index contributed by atoms with van der Waals surface area (Å²) in [5.41, 5.74) is 4.43. The number of H-pyrrole nitrogens is 1. The Morgan fingerprint density at radius 2 is 1.72 bits per heavy atom. The van der Waals surface area contributed by atoms with E-state index in [0.717, 1.165) is 40.1 Å². The van der Waals surface area contributed by atoms with Crippen LogP contribution in [0.1, 0.15) is 26.1 Å². The van der Waals surface area contributed by atoms with Crippen LogP contribution >= 0.6 is 12.2 Å². The van der Waals surface area contributed by atoms with E-state index in [4.69, 9.17) is 17.2 Å². The lowest BCUT2D eigenvalue weighted by Gasteiger charge is -2.12. The lowest BCUT2D eigenvalue weighted by atomic mass is 10.1. The van der Waals surface area contributed by atoms with Gasteiger partial charge >= 0.3 is 0 Å². The van der Waals surface area contributed by atoms with Gasteiger partial charge in [-0.3, -0.25) is 0 Å². The van der Waals surface area contributed by atoms with Gasteiger partial charge in [-0.25, -0.2) is 4.98 Å². The summed E-state index contributed by atoms with van der Waals surface area (Å²) in [5.74, 6) is 1.71. The third-order valence-electron chi connectivity index (χ3n) is 4.64. The van der Waals surface area contributed by atoms with Crippen molar-refractivity contribution in [3.63, 3.8) is 0 Å². The second-order valence-corrected chi connectivity index (χ2v) is 7.27. The first-order valence-electron chi connectivity index (χ1n) is 8.75. The van der Waals surface area contributed by atoms with Crippen LogP contribution in [0.2, 0.25) is 0 Å². The Kier molecular flexibility index (Phi) is 4.17. The molecule has 0 aliphatic carbocycles. The van der Waals surface area contributed by atoms with Gasteiger partial charge in [-0.15, -0.1) is 0 Å². The number of aromatic nitrogens is 4. The molecule has 0 saturated heterocycles. The predicted molar refractivity (Wildman–Crippen MR) is 105 cm³/mol. The highest BCUT2D eigenvalue weighted by Gasteiger charge is 2.13. The van der Waals surface area contributed by atoms with Crippen LogP contribution in [0, 0.1) is 10.7 Å². The molecular weight excluding hydrogens is 328 g/mol. The lowest BCUT2D eigenvalue weighted by molar-refractivity contribution is 0.508. The number of imidazole rings is 2. The number of aromatic amines is 1. The first-order chi connectivity index (χ1) is 12.1. The van der Waals surface area contributed by atoms with Crippen LogP contribution in [0.15, 0.2) is 48.5 Å². The zero-order valence-corrected chi connectivity index (χ0v) is 15.4. The Balaban J connectivity index is 1.81. The summed E-state index contributed by atoms with van der Waals surface area (Å²) in [6.45, 7) is 6.17. The molecule has 25 heavy (non-hydrogen) atoms. The number of fused-ring (bicyclic) bond motifs is 2. The average molecular weight is 350 g/mol. The number of rotatable bonds is 5.